The molecule has 0 atom stereocenters. The summed E-state index contributed by atoms with van der Waals surface area (Å²) in [4.78, 5) is 101. The molecule has 0 aliphatic heterocycles. The Morgan fingerprint density at radius 2 is 0.646 bits per heavy atom. The third-order valence-corrected chi connectivity index (χ3v) is 14.4. The van der Waals surface area contributed by atoms with Crippen LogP contribution in [-0.4, -0.2) is 90.7 Å². The Morgan fingerprint density at radius 3 is 0.975 bits per heavy atom. The van der Waals surface area contributed by atoms with Crippen LogP contribution in [0.1, 0.15) is 180 Å². The molecule has 4 aromatic rings. The maximum Gasteiger partial charge on any atom is 0.273 e. The van der Waals surface area contributed by atoms with Gasteiger partial charge in [-0.15, -0.1) is 0 Å². The first-order valence-corrected chi connectivity index (χ1v) is 29.2. The van der Waals surface area contributed by atoms with Gasteiger partial charge in [-0.1, -0.05) is 102 Å². The second-order valence-electron chi connectivity index (χ2n) is 18.9. The quantitative estimate of drug-likeness (QED) is 0.0168. The van der Waals surface area contributed by atoms with Crippen LogP contribution in [0.5, 0.6) is 23.0 Å². The van der Waals surface area contributed by atoms with Crippen LogP contribution in [0.3, 0.4) is 0 Å². The van der Waals surface area contributed by atoms with E-state index in [1.165, 1.54) is 111 Å². The highest BCUT2D eigenvalue weighted by atomic mass is 32.2. The van der Waals surface area contributed by atoms with Gasteiger partial charge in [-0.25, -0.2) is 0 Å². The minimum absolute atomic E-state index is 0.0147. The summed E-state index contributed by atoms with van der Waals surface area (Å²) in [5.41, 5.74) is 21.1. The van der Waals surface area contributed by atoms with E-state index in [1.54, 1.807) is 36.4 Å². The van der Waals surface area contributed by atoms with Crippen LogP contribution < -0.4 is 43.4 Å². The molecule has 0 saturated heterocycles. The smallest absolute Gasteiger partial charge is 0.273 e. The molecule has 0 heterocycles. The van der Waals surface area contributed by atoms with Crippen molar-refractivity contribution in [3.63, 3.8) is 0 Å². The van der Waals surface area contributed by atoms with Crippen molar-refractivity contribution in [1.29, 1.82) is 0 Å². The van der Waals surface area contributed by atoms with E-state index in [4.69, 9.17) is 0 Å². The zero-order valence-corrected chi connectivity index (χ0v) is 46.7. The molecule has 0 aliphatic rings. The number of thioether (sulfide) groups is 2. The molecule has 79 heavy (non-hydrogen) atoms. The van der Waals surface area contributed by atoms with Crippen molar-refractivity contribution in [2.75, 3.05) is 23.0 Å². The second-order valence-corrected chi connectivity index (χ2v) is 21.3. The van der Waals surface area contributed by atoms with Crippen molar-refractivity contribution in [2.45, 2.75) is 136 Å². The van der Waals surface area contributed by atoms with Gasteiger partial charge >= 0.3 is 0 Å². The lowest BCUT2D eigenvalue weighted by Crippen LogP contribution is -2.42. The van der Waals surface area contributed by atoms with Gasteiger partial charge in [0.2, 0.25) is 23.6 Å². The average molecular weight is 1130 g/mol. The number of phenols is 4. The lowest BCUT2D eigenvalue weighted by molar-refractivity contribution is -0.122. The molecule has 0 unspecified atom stereocenters. The van der Waals surface area contributed by atoms with E-state index < -0.39 is 47.3 Å². The Morgan fingerprint density at radius 1 is 0.342 bits per heavy atom. The Kier molecular flexibility index (Phi) is 29.1. The van der Waals surface area contributed by atoms with Gasteiger partial charge in [0, 0.05) is 48.7 Å². The van der Waals surface area contributed by atoms with Crippen molar-refractivity contribution in [3.8, 4) is 23.0 Å². The van der Waals surface area contributed by atoms with Gasteiger partial charge in [0.15, 0.2) is 0 Å². The van der Waals surface area contributed by atoms with Crippen molar-refractivity contribution in [1.82, 2.24) is 43.4 Å². The highest BCUT2D eigenvalue weighted by Crippen LogP contribution is 2.25. The number of hydrogen-bond donors (Lipinski definition) is 12. The van der Waals surface area contributed by atoms with Crippen molar-refractivity contribution in [2.24, 2.45) is 0 Å². The lowest BCUT2D eigenvalue weighted by atomic mass is 10.00. The molecular formula is C57H76N8O12S2. The van der Waals surface area contributed by atoms with Crippen LogP contribution in [0.15, 0.2) is 72.8 Å². The minimum atomic E-state index is -0.805. The summed E-state index contributed by atoms with van der Waals surface area (Å²) in [5, 5.41) is 41.7. The van der Waals surface area contributed by atoms with Gasteiger partial charge in [-0.05, 0) is 103 Å². The molecule has 22 heteroatoms. The predicted octanol–water partition coefficient (Wildman–Crippen LogP) is 7.38. The molecule has 0 bridgehead atoms. The first kappa shape index (κ1) is 64.1. The normalized spacial score (nSPS) is 10.8. The maximum atomic E-state index is 13.0. The molecule has 0 aromatic heterocycles. The molecule has 12 N–H and O–H groups in total. The molecule has 0 radical (unpaired) electrons. The third kappa shape index (κ3) is 24.4. The number of nitrogens with one attached hydrogen (secondary N) is 8. The van der Waals surface area contributed by atoms with Crippen LogP contribution in [0.2, 0.25) is 0 Å². The molecule has 4 aromatic carbocycles. The summed E-state index contributed by atoms with van der Waals surface area (Å²) in [6.45, 7) is 4.34. The molecule has 4 rings (SSSR count). The standard InChI is InChI=1S/C57H76N8O12S2/c1-3-5-7-9-11-13-15-38-17-21-42(48(68)36-38)54(74)62-58-50(70)25-29-78-31-27-52(72)60-64-56(76)44-34-40(19-23-46(44)66)33-41-20-24-47(67)45(35-41)57(77)65-61-53(73)28-32-79-30-26-51(71)59-63-55(75)43-22-18-39(37-49(43)69)16-14-12-10-8-6-4-2/h17-24,34-37,66-69H,3-16,25-33H2,1-2H3,(H,58,70)(H,59,71)(H,60,72)(H,61,73)(H,62,74)(H,63,75)(H,64,76)(H,65,77). The predicted molar refractivity (Wildman–Crippen MR) is 305 cm³/mol. The highest BCUT2D eigenvalue weighted by molar-refractivity contribution is 7.99. The van der Waals surface area contributed by atoms with E-state index in [0.717, 1.165) is 49.7 Å². The van der Waals surface area contributed by atoms with E-state index >= 15 is 0 Å². The number of phenolic OH excluding ortho intramolecular Hbond substituents is 4. The molecule has 428 valence electrons. The van der Waals surface area contributed by atoms with Crippen molar-refractivity contribution in [3.05, 3.63) is 117 Å². The van der Waals surface area contributed by atoms with Gasteiger partial charge in [0.05, 0.1) is 22.3 Å². The third-order valence-electron chi connectivity index (χ3n) is 12.4. The van der Waals surface area contributed by atoms with Gasteiger partial charge in [0.25, 0.3) is 23.6 Å². The number of amides is 8. The summed E-state index contributed by atoms with van der Waals surface area (Å²) in [7, 11) is 0. The van der Waals surface area contributed by atoms with Crippen molar-refractivity contribution >= 4 is 70.8 Å². The number of carbonyl (C=O) groups excluding carboxylic acids is 8. The topological polar surface area (TPSA) is 314 Å². The number of benzene rings is 4. The number of aromatic hydroxyl groups is 4. The number of hydrogen-bond acceptors (Lipinski definition) is 14. The van der Waals surface area contributed by atoms with Crippen LogP contribution in [0.25, 0.3) is 0 Å². The molecule has 0 saturated carbocycles. The van der Waals surface area contributed by atoms with Crippen LogP contribution in [0.4, 0.5) is 0 Å². The number of carbonyl (C=O) groups is 8. The zero-order valence-electron chi connectivity index (χ0n) is 45.1. The fourth-order valence-electron chi connectivity index (χ4n) is 7.94. The Labute approximate surface area is 470 Å². The fourth-order valence-corrected chi connectivity index (χ4v) is 9.67. The Bertz CT molecular complexity index is 2510. The first-order valence-electron chi connectivity index (χ1n) is 26.9. The van der Waals surface area contributed by atoms with Crippen LogP contribution >= 0.6 is 23.5 Å². The summed E-state index contributed by atoms with van der Waals surface area (Å²) in [6, 6.07) is 18.3. The molecule has 0 aliphatic carbocycles. The second kappa shape index (κ2) is 35.9. The summed E-state index contributed by atoms with van der Waals surface area (Å²) < 4.78 is 0. The largest absolute Gasteiger partial charge is 0.507 e. The van der Waals surface area contributed by atoms with Crippen LogP contribution in [0, 0.1) is 0 Å². The number of unbranched alkanes of at least 4 members (excludes halogenated alkanes) is 10. The fraction of sp³-hybridized carbons (Fsp3) is 0.439. The lowest BCUT2D eigenvalue weighted by Gasteiger charge is -2.12. The molecular weight excluding hydrogens is 1050 g/mol. The van der Waals surface area contributed by atoms with Gasteiger partial charge < -0.3 is 20.4 Å². The van der Waals surface area contributed by atoms with E-state index in [1.807, 2.05) is 0 Å². The maximum absolute atomic E-state index is 13.0. The average Bonchev–Trinajstić information content (AvgIpc) is 3.43. The molecule has 0 fully saturated rings. The monoisotopic (exact) mass is 1130 g/mol. The van der Waals surface area contributed by atoms with Gasteiger partial charge in [-0.2, -0.15) is 23.5 Å². The number of rotatable bonds is 32. The van der Waals surface area contributed by atoms with E-state index in [9.17, 15) is 58.8 Å². The molecule has 8 amide bonds. The summed E-state index contributed by atoms with van der Waals surface area (Å²) >= 11 is 2.60. The van der Waals surface area contributed by atoms with E-state index in [2.05, 4.69) is 57.3 Å². The minimum Gasteiger partial charge on any atom is -0.507 e. The zero-order chi connectivity index (χ0) is 57.4. The van der Waals surface area contributed by atoms with Gasteiger partial charge in [-0.3, -0.25) is 81.8 Å². The molecule has 20 nitrogen and oxygen atoms in total. The van der Waals surface area contributed by atoms with Crippen molar-refractivity contribution < 1.29 is 58.8 Å². The SMILES string of the molecule is CCCCCCCCc1ccc(C(=O)NNC(=O)CCSCCC(=O)NNC(=O)c2cc(Cc3ccc(O)c(C(=O)NNC(=O)CCSCCC(=O)NNC(=O)c4ccc(CCCCCCCC)cc4O)c3)ccc2O)c(O)c1. The van der Waals surface area contributed by atoms with E-state index in [-0.39, 0.29) is 77.4 Å². The Hall–Kier alpha value is -7.46. The Balaban J connectivity index is 1.08. The first-order chi connectivity index (χ1) is 38.1. The number of hydrazine groups is 4. The summed E-state index contributed by atoms with van der Waals surface area (Å²) in [5.74, 6) is -4.73. The van der Waals surface area contributed by atoms with Crippen LogP contribution in [-0.2, 0) is 38.4 Å². The van der Waals surface area contributed by atoms with E-state index in [0.29, 0.717) is 34.1 Å². The van der Waals surface area contributed by atoms with Gasteiger partial charge in [0.1, 0.15) is 23.0 Å². The number of aryl methyl sites for hydroxylation is 2. The summed E-state index contributed by atoms with van der Waals surface area (Å²) in [6.07, 6.45) is 15.6. The molecule has 0 spiro atoms. The highest BCUT2D eigenvalue weighted by Gasteiger charge is 2.18.